The number of allylic oxidation sites excluding steroid dienone is 3. The molecule has 1 heterocycles. The number of nitrogens with zero attached hydrogens (tertiary/aromatic N) is 3. The van der Waals surface area contributed by atoms with E-state index in [9.17, 15) is 19.5 Å². The average molecular weight is 741 g/mol. The average Bonchev–Trinajstić information content (AvgIpc) is 3.51. The number of carbonyl (C=O) groups excluding carboxylic acids is 2. The lowest BCUT2D eigenvalue weighted by molar-refractivity contribution is -0.219. The SMILES string of the molecule is C=C(C)C1CCC2(NCCN3CCN(C(=O)C(=O)N(C)C)CC3)CCC3(C)C(CCC4C5(C)CC=C(c6ccc(C(=O)O)cc6)C(C)(C)C5CCC43C)C12. The van der Waals surface area contributed by atoms with Crippen LogP contribution in [0.25, 0.3) is 5.57 Å². The third-order valence-corrected chi connectivity index (χ3v) is 17.2. The monoisotopic (exact) mass is 741 g/mol. The van der Waals surface area contributed by atoms with Gasteiger partial charge in [0.1, 0.15) is 0 Å². The highest BCUT2D eigenvalue weighted by Gasteiger charge is 2.70. The zero-order valence-electron chi connectivity index (χ0n) is 34.6. The van der Waals surface area contributed by atoms with E-state index in [1.54, 1.807) is 31.1 Å². The molecule has 2 N–H and O–H groups in total. The van der Waals surface area contributed by atoms with Crippen LogP contribution in [0.2, 0.25) is 0 Å². The summed E-state index contributed by atoms with van der Waals surface area (Å²) in [6.07, 6.45) is 13.7. The Morgan fingerprint density at radius 3 is 2.19 bits per heavy atom. The van der Waals surface area contributed by atoms with Gasteiger partial charge in [-0.2, -0.15) is 0 Å². The van der Waals surface area contributed by atoms with Gasteiger partial charge in [-0.15, -0.1) is 0 Å². The first-order valence-corrected chi connectivity index (χ1v) is 21.1. The molecule has 8 nitrogen and oxygen atoms in total. The quantitative estimate of drug-likeness (QED) is 0.221. The fourth-order valence-corrected chi connectivity index (χ4v) is 14.3. The molecule has 54 heavy (non-hydrogen) atoms. The van der Waals surface area contributed by atoms with Crippen LogP contribution in [0.4, 0.5) is 0 Å². The van der Waals surface area contributed by atoms with Crippen LogP contribution in [-0.4, -0.2) is 96.5 Å². The first-order chi connectivity index (χ1) is 25.4. The molecule has 4 saturated carbocycles. The first-order valence-electron chi connectivity index (χ1n) is 21.1. The van der Waals surface area contributed by atoms with Crippen LogP contribution in [0.15, 0.2) is 42.5 Å². The fraction of sp³-hybridized carbons (Fsp3) is 0.717. The van der Waals surface area contributed by atoms with Crippen LogP contribution in [0.3, 0.4) is 0 Å². The second-order valence-corrected chi connectivity index (χ2v) is 20.0. The van der Waals surface area contributed by atoms with E-state index in [0.717, 1.165) is 32.6 Å². The van der Waals surface area contributed by atoms with Crippen LogP contribution in [0.1, 0.15) is 115 Å². The summed E-state index contributed by atoms with van der Waals surface area (Å²) >= 11 is 0. The number of carboxylic acid groups (broad SMARTS) is 1. The van der Waals surface area contributed by atoms with E-state index in [0.29, 0.717) is 48.2 Å². The van der Waals surface area contributed by atoms with Crippen molar-refractivity contribution in [3.05, 3.63) is 53.6 Å². The maximum absolute atomic E-state index is 12.6. The smallest absolute Gasteiger partial charge is 0.335 e. The molecule has 296 valence electrons. The van der Waals surface area contributed by atoms with Crippen LogP contribution < -0.4 is 5.32 Å². The summed E-state index contributed by atoms with van der Waals surface area (Å²) in [4.78, 5) is 42.0. The summed E-state index contributed by atoms with van der Waals surface area (Å²) in [6, 6.07) is 7.59. The van der Waals surface area contributed by atoms with E-state index < -0.39 is 11.9 Å². The van der Waals surface area contributed by atoms with Crippen molar-refractivity contribution < 1.29 is 19.5 Å². The van der Waals surface area contributed by atoms with E-state index in [-0.39, 0.29) is 33.1 Å². The maximum atomic E-state index is 12.6. The Balaban J connectivity index is 1.08. The summed E-state index contributed by atoms with van der Waals surface area (Å²) in [6.45, 7) is 24.7. The summed E-state index contributed by atoms with van der Waals surface area (Å²) < 4.78 is 0. The Bertz CT molecular complexity index is 1690. The van der Waals surface area contributed by atoms with Gasteiger partial charge in [-0.1, -0.05) is 65.0 Å². The second kappa shape index (κ2) is 13.9. The molecule has 0 bridgehead atoms. The highest BCUT2D eigenvalue weighted by Crippen LogP contribution is 2.76. The molecule has 5 aliphatic carbocycles. The number of hydrogen-bond acceptors (Lipinski definition) is 5. The molecule has 9 unspecified atom stereocenters. The van der Waals surface area contributed by atoms with E-state index in [1.807, 2.05) is 12.1 Å². The number of nitrogens with one attached hydrogen (secondary N) is 1. The molecule has 1 saturated heterocycles. The zero-order chi connectivity index (χ0) is 39.0. The summed E-state index contributed by atoms with van der Waals surface area (Å²) in [5, 5.41) is 13.8. The molecule has 9 atom stereocenters. The number of hydrogen-bond donors (Lipinski definition) is 2. The highest BCUT2D eigenvalue weighted by molar-refractivity contribution is 6.34. The number of benzene rings is 1. The number of fused-ring (bicyclic) bond motifs is 7. The maximum Gasteiger partial charge on any atom is 0.335 e. The lowest BCUT2D eigenvalue weighted by Gasteiger charge is -2.72. The molecule has 8 heteroatoms. The van der Waals surface area contributed by atoms with Gasteiger partial charge < -0.3 is 20.2 Å². The van der Waals surface area contributed by atoms with Gasteiger partial charge >= 0.3 is 17.8 Å². The van der Waals surface area contributed by atoms with Crippen LogP contribution >= 0.6 is 0 Å². The number of carboxylic acids is 1. The number of rotatable bonds is 7. The predicted molar refractivity (Wildman–Crippen MR) is 216 cm³/mol. The molecular weight excluding hydrogens is 673 g/mol. The number of piperazine rings is 1. The molecule has 0 aromatic heterocycles. The minimum Gasteiger partial charge on any atom is -0.478 e. The third-order valence-electron chi connectivity index (χ3n) is 17.2. The molecule has 1 aliphatic heterocycles. The Morgan fingerprint density at radius 1 is 0.870 bits per heavy atom. The number of carbonyl (C=O) groups is 3. The van der Waals surface area contributed by atoms with E-state index in [4.69, 9.17) is 0 Å². The topological polar surface area (TPSA) is 93.2 Å². The molecular formula is C46H68N4O4. The largest absolute Gasteiger partial charge is 0.478 e. The van der Waals surface area contributed by atoms with Crippen molar-refractivity contribution in [1.82, 2.24) is 20.0 Å². The molecule has 0 spiro atoms. The van der Waals surface area contributed by atoms with Crippen LogP contribution in [-0.2, 0) is 9.59 Å². The minimum absolute atomic E-state index is 0.00474. The molecule has 2 amide bonds. The number of amides is 2. The third kappa shape index (κ3) is 6.02. The van der Waals surface area contributed by atoms with Crippen molar-refractivity contribution in [1.29, 1.82) is 0 Å². The standard InChI is InChI=1S/C46H68N4O4/c1-30(2)33-16-21-46(47-24-25-49-26-28-50(29-27-49)40(52)39(51)48(8)9)23-22-44(6)35(38(33)46)14-15-37-43(5)19-17-34(31-10-12-32(13-11-31)41(53)54)42(3,4)36(43)18-20-45(37,44)7/h10-13,17,33,35-38,47H,1,14-16,18-29H2,2-9H3,(H,53,54). The highest BCUT2D eigenvalue weighted by atomic mass is 16.4. The molecule has 1 aromatic rings. The Morgan fingerprint density at radius 2 is 1.56 bits per heavy atom. The van der Waals surface area contributed by atoms with Gasteiger partial charge in [-0.05, 0) is 139 Å². The summed E-state index contributed by atoms with van der Waals surface area (Å²) in [7, 11) is 3.28. The second-order valence-electron chi connectivity index (χ2n) is 20.0. The molecule has 6 aliphatic rings. The number of aromatic carboxylic acids is 1. The Labute approximate surface area is 325 Å². The summed E-state index contributed by atoms with van der Waals surface area (Å²) in [5.41, 5.74) is 5.20. The van der Waals surface area contributed by atoms with Gasteiger partial charge in [-0.25, -0.2) is 4.79 Å². The van der Waals surface area contributed by atoms with Crippen molar-refractivity contribution in [3.8, 4) is 0 Å². The van der Waals surface area contributed by atoms with Crippen molar-refractivity contribution >= 4 is 23.4 Å². The van der Waals surface area contributed by atoms with Crippen molar-refractivity contribution in [3.63, 3.8) is 0 Å². The first kappa shape index (κ1) is 39.3. The molecule has 7 rings (SSSR count). The van der Waals surface area contributed by atoms with Crippen molar-refractivity contribution in [2.24, 2.45) is 51.2 Å². The van der Waals surface area contributed by atoms with Crippen LogP contribution in [0.5, 0.6) is 0 Å². The van der Waals surface area contributed by atoms with Gasteiger partial charge in [0.25, 0.3) is 0 Å². The predicted octanol–water partition coefficient (Wildman–Crippen LogP) is 7.61. The van der Waals surface area contributed by atoms with E-state index in [2.05, 4.69) is 64.4 Å². The van der Waals surface area contributed by atoms with E-state index >= 15 is 0 Å². The lowest BCUT2D eigenvalue weighted by Crippen LogP contribution is -2.68. The van der Waals surface area contributed by atoms with Gasteiger partial charge in [0.2, 0.25) is 0 Å². The molecule has 5 fully saturated rings. The van der Waals surface area contributed by atoms with Gasteiger partial charge in [-0.3, -0.25) is 14.5 Å². The van der Waals surface area contributed by atoms with Gasteiger partial charge in [0.05, 0.1) is 5.56 Å². The van der Waals surface area contributed by atoms with E-state index in [1.165, 1.54) is 73.0 Å². The van der Waals surface area contributed by atoms with Crippen LogP contribution in [0, 0.1) is 51.2 Å². The van der Waals surface area contributed by atoms with Crippen molar-refractivity contribution in [2.45, 2.75) is 105 Å². The Kier molecular flexibility index (Phi) is 10.1. The molecule has 0 radical (unpaired) electrons. The molecule has 1 aromatic carbocycles. The summed E-state index contributed by atoms with van der Waals surface area (Å²) in [5.74, 6) is 1.39. The lowest BCUT2D eigenvalue weighted by atomic mass is 9.33. The Hall–Kier alpha value is -2.97. The zero-order valence-corrected chi connectivity index (χ0v) is 34.6. The fourth-order valence-electron chi connectivity index (χ4n) is 14.3. The van der Waals surface area contributed by atoms with Gasteiger partial charge in [0.15, 0.2) is 0 Å². The minimum atomic E-state index is -0.870. The van der Waals surface area contributed by atoms with Crippen molar-refractivity contribution in [2.75, 3.05) is 53.4 Å². The number of likely N-dealkylation sites (N-methyl/N-ethyl adjacent to an activating group) is 1. The normalized spacial score (nSPS) is 38.6. The van der Waals surface area contributed by atoms with Gasteiger partial charge in [0, 0.05) is 58.9 Å².